The maximum Gasteiger partial charge on any atom is 0.489 e. The summed E-state index contributed by atoms with van der Waals surface area (Å²) >= 11 is 0. The van der Waals surface area contributed by atoms with Crippen LogP contribution in [0.25, 0.3) is 0 Å². The highest BCUT2D eigenvalue weighted by Gasteiger charge is 2.41. The molecule has 2 N–H and O–H groups in total. The number of hydrogen-bond acceptors (Lipinski definition) is 2. The summed E-state index contributed by atoms with van der Waals surface area (Å²) < 4.78 is 52.2. The lowest BCUT2D eigenvalue weighted by atomic mass is 9.73. The Labute approximate surface area is 101 Å². The van der Waals surface area contributed by atoms with E-state index in [-0.39, 0.29) is 11.5 Å². The second-order valence-corrected chi connectivity index (χ2v) is 4.43. The van der Waals surface area contributed by atoms with Crippen molar-refractivity contribution in [1.82, 2.24) is 0 Å². The van der Waals surface area contributed by atoms with E-state index in [2.05, 4.69) is 0 Å². The van der Waals surface area contributed by atoms with Crippen molar-refractivity contribution in [2.24, 2.45) is 0 Å². The van der Waals surface area contributed by atoms with Gasteiger partial charge >= 0.3 is 13.3 Å². The van der Waals surface area contributed by atoms with Gasteiger partial charge in [-0.1, -0.05) is 18.6 Å². The fourth-order valence-electron chi connectivity index (χ4n) is 2.14. The highest BCUT2D eigenvalue weighted by atomic mass is 19.4. The van der Waals surface area contributed by atoms with Crippen LogP contribution in [-0.4, -0.2) is 17.2 Å². The van der Waals surface area contributed by atoms with Crippen LogP contribution in [0.2, 0.25) is 0 Å². The molecule has 1 aromatic carbocycles. The number of halogens is 4. The summed E-state index contributed by atoms with van der Waals surface area (Å²) in [6.45, 7) is 0. The third-order valence-corrected chi connectivity index (χ3v) is 3.31. The molecule has 1 aliphatic rings. The normalized spacial score (nSPS) is 16.6. The van der Waals surface area contributed by atoms with E-state index in [9.17, 15) is 17.6 Å². The molecule has 2 nitrogen and oxygen atoms in total. The highest BCUT2D eigenvalue weighted by Crippen LogP contribution is 2.40. The Balaban J connectivity index is 2.56. The smallest absolute Gasteiger partial charge is 0.423 e. The molecule has 1 saturated carbocycles. The van der Waals surface area contributed by atoms with Crippen molar-refractivity contribution in [2.45, 2.75) is 31.4 Å². The fourth-order valence-corrected chi connectivity index (χ4v) is 2.14. The maximum absolute atomic E-state index is 13.9. The zero-order valence-corrected chi connectivity index (χ0v) is 9.34. The van der Waals surface area contributed by atoms with Crippen LogP contribution in [0.3, 0.4) is 0 Å². The minimum atomic E-state index is -4.94. The van der Waals surface area contributed by atoms with Crippen LogP contribution >= 0.6 is 0 Å². The Bertz CT molecular complexity index is 455. The Kier molecular flexibility index (Phi) is 3.38. The van der Waals surface area contributed by atoms with Gasteiger partial charge in [-0.2, -0.15) is 13.2 Å². The van der Waals surface area contributed by atoms with E-state index >= 15 is 0 Å². The van der Waals surface area contributed by atoms with Gasteiger partial charge in [0.25, 0.3) is 0 Å². The largest absolute Gasteiger partial charge is 0.489 e. The minimum Gasteiger partial charge on any atom is -0.423 e. The van der Waals surface area contributed by atoms with Crippen molar-refractivity contribution in [2.75, 3.05) is 0 Å². The topological polar surface area (TPSA) is 40.5 Å². The van der Waals surface area contributed by atoms with Crippen molar-refractivity contribution < 1.29 is 27.6 Å². The molecule has 1 aliphatic carbocycles. The van der Waals surface area contributed by atoms with E-state index in [1.54, 1.807) is 0 Å². The van der Waals surface area contributed by atoms with Crippen LogP contribution in [0.1, 0.15) is 36.3 Å². The second-order valence-electron chi connectivity index (χ2n) is 4.43. The highest BCUT2D eigenvalue weighted by molar-refractivity contribution is 6.59. The van der Waals surface area contributed by atoms with Crippen molar-refractivity contribution in [1.29, 1.82) is 0 Å². The van der Waals surface area contributed by atoms with Crippen molar-refractivity contribution in [3.63, 3.8) is 0 Å². The van der Waals surface area contributed by atoms with E-state index < -0.39 is 30.1 Å². The minimum absolute atomic E-state index is 0.0120. The van der Waals surface area contributed by atoms with Gasteiger partial charge in [-0.3, -0.25) is 0 Å². The Morgan fingerprint density at radius 2 is 1.78 bits per heavy atom. The fraction of sp³-hybridized carbons (Fsp3) is 0.455. The average Bonchev–Trinajstić information content (AvgIpc) is 2.15. The molecule has 7 heteroatoms. The van der Waals surface area contributed by atoms with Crippen LogP contribution in [-0.2, 0) is 6.18 Å². The van der Waals surface area contributed by atoms with Crippen molar-refractivity contribution in [3.05, 3.63) is 29.1 Å². The van der Waals surface area contributed by atoms with Gasteiger partial charge in [-0.25, -0.2) is 4.39 Å². The van der Waals surface area contributed by atoms with Crippen molar-refractivity contribution in [3.8, 4) is 0 Å². The molecular formula is C11H11BF4O2. The lowest BCUT2D eigenvalue weighted by Gasteiger charge is -2.27. The lowest BCUT2D eigenvalue weighted by Crippen LogP contribution is -2.37. The maximum atomic E-state index is 13.9. The number of rotatable bonds is 2. The molecule has 1 fully saturated rings. The number of alkyl halides is 3. The molecule has 0 heterocycles. The molecule has 0 saturated heterocycles. The lowest BCUT2D eigenvalue weighted by molar-refractivity contribution is -0.139. The number of hydrogen-bond donors (Lipinski definition) is 2. The van der Waals surface area contributed by atoms with Gasteiger partial charge in [0.05, 0.1) is 5.56 Å². The zero-order valence-electron chi connectivity index (χ0n) is 9.34. The first-order chi connectivity index (χ1) is 8.32. The van der Waals surface area contributed by atoms with E-state index in [0.717, 1.165) is 12.5 Å². The summed E-state index contributed by atoms with van der Waals surface area (Å²) in [6.07, 6.45) is -2.75. The first-order valence-electron chi connectivity index (χ1n) is 5.58. The molecule has 0 radical (unpaired) electrons. The zero-order chi connectivity index (χ0) is 13.5. The van der Waals surface area contributed by atoms with Crippen LogP contribution in [0.4, 0.5) is 17.6 Å². The molecule has 0 aliphatic heterocycles. The quantitative estimate of drug-likeness (QED) is 0.630. The van der Waals surface area contributed by atoms with E-state index in [0.29, 0.717) is 12.8 Å². The van der Waals surface area contributed by atoms with Gasteiger partial charge in [0.15, 0.2) is 0 Å². The summed E-state index contributed by atoms with van der Waals surface area (Å²) in [4.78, 5) is 0. The van der Waals surface area contributed by atoms with E-state index in [1.165, 1.54) is 6.07 Å². The summed E-state index contributed by atoms with van der Waals surface area (Å²) in [7, 11) is -2.34. The molecule has 0 spiro atoms. The SMILES string of the molecule is OB(O)c1ccc(C2CCC2)c(F)c1C(F)(F)F. The van der Waals surface area contributed by atoms with Crippen LogP contribution in [0, 0.1) is 5.82 Å². The van der Waals surface area contributed by atoms with E-state index in [4.69, 9.17) is 10.0 Å². The molecule has 98 valence electrons. The molecule has 2 rings (SSSR count). The predicted molar refractivity (Wildman–Crippen MR) is 57.8 cm³/mol. The third kappa shape index (κ3) is 2.24. The molecule has 0 aromatic heterocycles. The van der Waals surface area contributed by atoms with Gasteiger partial charge < -0.3 is 10.0 Å². The van der Waals surface area contributed by atoms with Gasteiger partial charge in [0, 0.05) is 0 Å². The Morgan fingerprint density at radius 1 is 1.17 bits per heavy atom. The molecule has 0 amide bonds. The molecule has 0 bridgehead atoms. The Morgan fingerprint density at radius 3 is 2.17 bits per heavy atom. The first kappa shape index (κ1) is 13.4. The first-order valence-corrected chi connectivity index (χ1v) is 5.58. The number of benzene rings is 1. The molecular weight excluding hydrogens is 251 g/mol. The van der Waals surface area contributed by atoms with Crippen LogP contribution in [0.15, 0.2) is 12.1 Å². The van der Waals surface area contributed by atoms with Crippen LogP contribution in [0.5, 0.6) is 0 Å². The second kappa shape index (κ2) is 4.55. The predicted octanol–water partition coefficient (Wildman–Crippen LogP) is 1.79. The molecule has 0 unspecified atom stereocenters. The summed E-state index contributed by atoms with van der Waals surface area (Å²) in [5, 5.41) is 17.8. The van der Waals surface area contributed by atoms with Crippen LogP contribution < -0.4 is 5.46 Å². The third-order valence-electron chi connectivity index (χ3n) is 3.31. The summed E-state index contributed by atoms with van der Waals surface area (Å²) in [6, 6.07) is 2.15. The van der Waals surface area contributed by atoms with Gasteiger partial charge in [-0.05, 0) is 29.8 Å². The molecule has 0 atom stereocenters. The molecule has 18 heavy (non-hydrogen) atoms. The van der Waals surface area contributed by atoms with Gasteiger partial charge in [0.2, 0.25) is 0 Å². The summed E-state index contributed by atoms with van der Waals surface area (Å²) in [5.41, 5.74) is -2.40. The standard InChI is InChI=1S/C11H11BF4O2/c13-10-7(6-2-1-3-6)4-5-8(12(17)18)9(10)11(14,15)16/h4-6,17-18H,1-3H2. The van der Waals surface area contributed by atoms with Gasteiger partial charge in [0.1, 0.15) is 5.82 Å². The van der Waals surface area contributed by atoms with E-state index in [1.807, 2.05) is 0 Å². The summed E-state index contributed by atoms with van der Waals surface area (Å²) in [5.74, 6) is -1.58. The van der Waals surface area contributed by atoms with Gasteiger partial charge in [-0.15, -0.1) is 0 Å². The Hall–Kier alpha value is -1.08. The average molecular weight is 262 g/mol. The van der Waals surface area contributed by atoms with Crippen molar-refractivity contribution >= 4 is 12.6 Å². The monoisotopic (exact) mass is 262 g/mol. The molecule has 1 aromatic rings.